The van der Waals surface area contributed by atoms with Crippen LogP contribution in [-0.4, -0.2) is 13.9 Å². The van der Waals surface area contributed by atoms with Gasteiger partial charge in [-0.05, 0) is 97.7 Å². The van der Waals surface area contributed by atoms with Gasteiger partial charge >= 0.3 is 15.6 Å². The van der Waals surface area contributed by atoms with Crippen molar-refractivity contribution in [2.45, 2.75) is 96.9 Å². The van der Waals surface area contributed by atoms with Crippen LogP contribution in [0.3, 0.4) is 0 Å². The lowest BCUT2D eigenvalue weighted by molar-refractivity contribution is -0.114. The first kappa shape index (κ1) is 24.2. The number of rotatable bonds is 3. The lowest BCUT2D eigenvalue weighted by Gasteiger charge is -2.60. The van der Waals surface area contributed by atoms with Gasteiger partial charge < -0.3 is 4.18 Å². The summed E-state index contributed by atoms with van der Waals surface area (Å²) in [5.74, 6) is 6.50. The van der Waals surface area contributed by atoms with Gasteiger partial charge in [0.05, 0.1) is 0 Å². The van der Waals surface area contributed by atoms with Gasteiger partial charge in [0.2, 0.25) is 0 Å². The third kappa shape index (κ3) is 3.97. The zero-order valence-electron chi connectivity index (χ0n) is 19.5. The Labute approximate surface area is 191 Å². The van der Waals surface area contributed by atoms with Crippen LogP contribution in [-0.2, 0) is 14.3 Å². The highest BCUT2D eigenvalue weighted by Gasteiger charge is 2.60. The van der Waals surface area contributed by atoms with E-state index < -0.39 is 15.6 Å². The molecule has 0 heterocycles. The lowest BCUT2D eigenvalue weighted by atomic mass is 9.44. The normalized spacial score (nSPS) is 42.6. The van der Waals surface area contributed by atoms with Crippen LogP contribution >= 0.6 is 0 Å². The molecule has 8 atom stereocenters. The maximum absolute atomic E-state index is 12.4. The topological polar surface area (TPSA) is 43.4 Å². The smallest absolute Gasteiger partial charge is 0.321 e. The van der Waals surface area contributed by atoms with E-state index in [1.807, 2.05) is 0 Å². The molecule has 182 valence electrons. The van der Waals surface area contributed by atoms with E-state index >= 15 is 0 Å². The summed E-state index contributed by atoms with van der Waals surface area (Å²) in [5, 5.41) is 0. The molecule has 4 aliphatic rings. The molecule has 0 aromatic rings. The Morgan fingerprint density at radius 1 is 0.969 bits per heavy atom. The number of halogens is 3. The SMILES string of the molecule is C[C@H](CC#COS(=O)(=O)C(F)(F)F)[C@H]1CC[C@H]2[C@@H]3CCC4CCCC[C@]4(C)[C@H]3CC[C@]12C. The molecule has 0 amide bonds. The Hall–Kier alpha value is -0.900. The van der Waals surface area contributed by atoms with Gasteiger partial charge in [0.25, 0.3) is 0 Å². The van der Waals surface area contributed by atoms with Gasteiger partial charge in [0.1, 0.15) is 6.11 Å². The van der Waals surface area contributed by atoms with E-state index in [-0.39, 0.29) is 11.3 Å². The summed E-state index contributed by atoms with van der Waals surface area (Å²) in [5.41, 5.74) is -4.68. The first-order valence-electron chi connectivity index (χ1n) is 12.4. The van der Waals surface area contributed by atoms with E-state index in [2.05, 4.69) is 30.9 Å². The molecule has 32 heavy (non-hydrogen) atoms. The second kappa shape index (κ2) is 8.40. The van der Waals surface area contributed by atoms with Gasteiger partial charge in [-0.15, -0.1) is 0 Å². The molecule has 0 aromatic carbocycles. The fourth-order valence-electron chi connectivity index (χ4n) is 8.75. The van der Waals surface area contributed by atoms with E-state index in [9.17, 15) is 21.6 Å². The molecule has 0 aromatic heterocycles. The average Bonchev–Trinajstić information content (AvgIpc) is 3.07. The molecule has 1 unspecified atom stereocenters. The monoisotopic (exact) mass is 474 g/mol. The highest BCUT2D eigenvalue weighted by atomic mass is 32.2. The molecule has 3 nitrogen and oxygen atoms in total. The third-order valence-corrected chi connectivity index (χ3v) is 11.1. The number of alkyl halides is 3. The van der Waals surface area contributed by atoms with Crippen LogP contribution in [0.1, 0.15) is 91.4 Å². The molecule has 0 aliphatic heterocycles. The standard InChI is InChI=1S/C25H37F3O3S/c1-17(7-6-16-31-32(29,30)25(26,27)28)20-11-12-21-19-10-9-18-8-4-5-14-23(18,2)22(19)13-15-24(20,21)3/h17-22H,4-5,7-15H2,1-3H3/t17-,18?,19+,20-,21+,22+,23+,24-/m1/s1. The first-order valence-corrected chi connectivity index (χ1v) is 13.8. The Bertz CT molecular complexity index is 873. The van der Waals surface area contributed by atoms with E-state index in [4.69, 9.17) is 0 Å². The Balaban J connectivity index is 1.42. The van der Waals surface area contributed by atoms with Gasteiger partial charge in [0, 0.05) is 6.42 Å². The Morgan fingerprint density at radius 2 is 1.69 bits per heavy atom. The van der Waals surface area contributed by atoms with Crippen molar-refractivity contribution in [1.29, 1.82) is 0 Å². The van der Waals surface area contributed by atoms with Crippen molar-refractivity contribution in [1.82, 2.24) is 0 Å². The highest BCUT2D eigenvalue weighted by molar-refractivity contribution is 7.87. The maximum Gasteiger partial charge on any atom is 0.535 e. The van der Waals surface area contributed by atoms with Crippen molar-refractivity contribution in [3.8, 4) is 12.0 Å². The van der Waals surface area contributed by atoms with Crippen molar-refractivity contribution in [2.24, 2.45) is 46.3 Å². The molecule has 0 saturated heterocycles. The molecular weight excluding hydrogens is 437 g/mol. The molecule has 0 spiro atoms. The predicted octanol–water partition coefficient (Wildman–Crippen LogP) is 6.89. The molecule has 4 aliphatic carbocycles. The van der Waals surface area contributed by atoms with E-state index in [0.717, 1.165) is 30.1 Å². The lowest BCUT2D eigenvalue weighted by Crippen LogP contribution is -2.53. The van der Waals surface area contributed by atoms with E-state index in [1.165, 1.54) is 57.8 Å². The molecule has 0 N–H and O–H groups in total. The zero-order chi connectivity index (χ0) is 23.4. The maximum atomic E-state index is 12.4. The fourth-order valence-corrected chi connectivity index (χ4v) is 9.01. The van der Waals surface area contributed by atoms with Crippen molar-refractivity contribution >= 4 is 10.1 Å². The molecule has 4 rings (SSSR count). The minimum atomic E-state index is -5.65. The Kier molecular flexibility index (Phi) is 6.36. The van der Waals surface area contributed by atoms with E-state index in [1.54, 1.807) is 6.11 Å². The summed E-state index contributed by atoms with van der Waals surface area (Å²) in [6, 6.07) is 0. The van der Waals surface area contributed by atoms with E-state index in [0.29, 0.717) is 17.8 Å². The molecule has 7 heteroatoms. The number of fused-ring (bicyclic) bond motifs is 5. The van der Waals surface area contributed by atoms with Gasteiger partial charge in [-0.2, -0.15) is 21.6 Å². The molecule has 0 bridgehead atoms. The van der Waals surface area contributed by atoms with Crippen LogP contribution in [0, 0.1) is 58.4 Å². The predicted molar refractivity (Wildman–Crippen MR) is 117 cm³/mol. The van der Waals surface area contributed by atoms with Crippen LogP contribution in [0.4, 0.5) is 13.2 Å². The molecule has 0 radical (unpaired) electrons. The van der Waals surface area contributed by atoms with Gasteiger partial charge in [0.15, 0.2) is 0 Å². The minimum Gasteiger partial charge on any atom is -0.321 e. The van der Waals surface area contributed by atoms with Crippen molar-refractivity contribution in [3.05, 3.63) is 0 Å². The quantitative estimate of drug-likeness (QED) is 0.254. The van der Waals surface area contributed by atoms with Gasteiger partial charge in [-0.25, -0.2) is 0 Å². The molecule has 4 fully saturated rings. The van der Waals surface area contributed by atoms with Crippen molar-refractivity contribution < 1.29 is 25.8 Å². The molecular formula is C25H37F3O3S. The minimum absolute atomic E-state index is 0.202. The van der Waals surface area contributed by atoms with Crippen molar-refractivity contribution in [3.63, 3.8) is 0 Å². The van der Waals surface area contributed by atoms with Crippen LogP contribution < -0.4 is 0 Å². The second-order valence-corrected chi connectivity index (χ2v) is 13.1. The summed E-state index contributed by atoms with van der Waals surface area (Å²) in [6.07, 6.45) is 15.3. The largest absolute Gasteiger partial charge is 0.535 e. The summed E-state index contributed by atoms with van der Waals surface area (Å²) in [6.45, 7) is 7.13. The van der Waals surface area contributed by atoms with Crippen molar-refractivity contribution in [2.75, 3.05) is 0 Å². The third-order valence-electron chi connectivity index (χ3n) is 10.3. The Morgan fingerprint density at radius 3 is 2.41 bits per heavy atom. The first-order chi connectivity index (χ1) is 14.9. The highest BCUT2D eigenvalue weighted by Crippen LogP contribution is 2.68. The van der Waals surface area contributed by atoms with Crippen LogP contribution in [0.5, 0.6) is 0 Å². The van der Waals surface area contributed by atoms with Gasteiger partial charge in [-0.3, -0.25) is 0 Å². The van der Waals surface area contributed by atoms with Crippen LogP contribution in [0.2, 0.25) is 0 Å². The molecule has 4 saturated carbocycles. The van der Waals surface area contributed by atoms with Crippen LogP contribution in [0.15, 0.2) is 0 Å². The number of hydrogen-bond donors (Lipinski definition) is 0. The second-order valence-electron chi connectivity index (χ2n) is 11.6. The zero-order valence-corrected chi connectivity index (χ0v) is 20.3. The van der Waals surface area contributed by atoms with Gasteiger partial charge in [-0.1, -0.05) is 39.5 Å². The average molecular weight is 475 g/mol. The summed E-state index contributed by atoms with van der Waals surface area (Å²) in [4.78, 5) is 0. The summed E-state index contributed by atoms with van der Waals surface area (Å²) in [7, 11) is -5.65. The summed E-state index contributed by atoms with van der Waals surface area (Å²) >= 11 is 0. The fraction of sp³-hybridized carbons (Fsp3) is 0.920. The van der Waals surface area contributed by atoms with Crippen LogP contribution in [0.25, 0.3) is 0 Å². The summed E-state index contributed by atoms with van der Waals surface area (Å²) < 4.78 is 63.0. The number of hydrogen-bond acceptors (Lipinski definition) is 3.